The number of furan rings is 2. The lowest BCUT2D eigenvalue weighted by Crippen LogP contribution is -1.97. The third-order valence-corrected chi connectivity index (χ3v) is 3.50. The van der Waals surface area contributed by atoms with Gasteiger partial charge in [-0.3, -0.25) is 0 Å². The van der Waals surface area contributed by atoms with Crippen molar-refractivity contribution in [1.29, 1.82) is 0 Å². The van der Waals surface area contributed by atoms with Crippen molar-refractivity contribution in [2.45, 2.75) is 0 Å². The van der Waals surface area contributed by atoms with E-state index in [2.05, 4.69) is 14.7 Å². The molecule has 4 aromatic rings. The zero-order valence-electron chi connectivity index (χ0n) is 9.84. The summed E-state index contributed by atoms with van der Waals surface area (Å²) in [5.41, 5.74) is 3.28. The predicted octanol–water partition coefficient (Wildman–Crippen LogP) is 2.28. The van der Waals surface area contributed by atoms with Crippen LogP contribution in [0.5, 0.6) is 0 Å². The highest BCUT2D eigenvalue weighted by atomic mass is 16.6. The number of carbonyl (C=O) groups excluding carboxylic acids is 2. The smallest absolute Gasteiger partial charge is 0.350 e. The molecule has 0 atom stereocenters. The van der Waals surface area contributed by atoms with E-state index in [4.69, 9.17) is 4.42 Å². The third kappa shape index (κ3) is 0.934. The average Bonchev–Trinajstić information content (AvgIpc) is 3.08. The number of hydrogen-bond acceptors (Lipinski definition) is 6. The van der Waals surface area contributed by atoms with Crippen molar-refractivity contribution >= 4 is 45.2 Å². The zero-order valence-corrected chi connectivity index (χ0v) is 9.84. The molecule has 0 amide bonds. The SMILES string of the molecule is O=C1OC(=O)c2c1c1oc2c2nc3ccccc3nc12. The second kappa shape index (κ2) is 2.93. The van der Waals surface area contributed by atoms with Gasteiger partial charge in [0.1, 0.15) is 22.2 Å². The lowest BCUT2D eigenvalue weighted by atomic mass is 10.1. The van der Waals surface area contributed by atoms with Gasteiger partial charge >= 0.3 is 11.9 Å². The number of esters is 2. The van der Waals surface area contributed by atoms with Gasteiger partial charge in [0, 0.05) is 0 Å². The molecule has 0 unspecified atom stereocenters. The van der Waals surface area contributed by atoms with Crippen molar-refractivity contribution in [3.8, 4) is 0 Å². The number of hydrogen-bond donors (Lipinski definition) is 0. The maximum atomic E-state index is 11.7. The van der Waals surface area contributed by atoms with Gasteiger partial charge in [-0.25, -0.2) is 19.6 Å². The first-order chi connectivity index (χ1) is 9.74. The van der Waals surface area contributed by atoms with Gasteiger partial charge in [-0.05, 0) is 12.1 Å². The van der Waals surface area contributed by atoms with Crippen LogP contribution >= 0.6 is 0 Å². The van der Waals surface area contributed by atoms with E-state index < -0.39 is 11.9 Å². The number of nitrogens with zero attached hydrogens (tertiary/aromatic N) is 2. The minimum Gasteiger partial charge on any atom is -0.451 e. The first kappa shape index (κ1) is 9.85. The lowest BCUT2D eigenvalue weighted by molar-refractivity contribution is 0.0443. The van der Waals surface area contributed by atoms with E-state index in [9.17, 15) is 9.59 Å². The van der Waals surface area contributed by atoms with Crippen LogP contribution in [-0.2, 0) is 4.74 Å². The largest absolute Gasteiger partial charge is 0.451 e. The molecular formula is C14H4N2O4. The van der Waals surface area contributed by atoms with Crippen LogP contribution in [0.25, 0.3) is 33.2 Å². The molecule has 2 bridgehead atoms. The van der Waals surface area contributed by atoms with Crippen LogP contribution in [0.1, 0.15) is 20.7 Å². The van der Waals surface area contributed by atoms with Gasteiger partial charge < -0.3 is 9.15 Å². The Morgan fingerprint density at radius 1 is 0.800 bits per heavy atom. The number of carbonyl (C=O) groups is 2. The van der Waals surface area contributed by atoms with Crippen LogP contribution < -0.4 is 0 Å². The first-order valence-corrected chi connectivity index (χ1v) is 5.95. The lowest BCUT2D eigenvalue weighted by Gasteiger charge is -1.97. The summed E-state index contributed by atoms with van der Waals surface area (Å²) in [4.78, 5) is 32.3. The minimum absolute atomic E-state index is 0.169. The van der Waals surface area contributed by atoms with E-state index in [1.54, 1.807) is 0 Å². The number of para-hydroxylation sites is 2. The van der Waals surface area contributed by atoms with Crippen LogP contribution in [0.15, 0.2) is 28.7 Å². The molecule has 0 N–H and O–H groups in total. The second-order valence-corrected chi connectivity index (χ2v) is 4.60. The Morgan fingerprint density at radius 3 is 1.80 bits per heavy atom. The third-order valence-electron chi connectivity index (χ3n) is 3.50. The second-order valence-electron chi connectivity index (χ2n) is 4.60. The molecular weight excluding hydrogens is 260 g/mol. The van der Waals surface area contributed by atoms with Gasteiger partial charge in [0.25, 0.3) is 0 Å². The highest BCUT2D eigenvalue weighted by Gasteiger charge is 2.40. The Labute approximate surface area is 110 Å². The Hall–Kier alpha value is -3.02. The van der Waals surface area contributed by atoms with Crippen LogP contribution in [0.3, 0.4) is 0 Å². The molecule has 0 saturated carbocycles. The summed E-state index contributed by atoms with van der Waals surface area (Å²) in [6.07, 6.45) is 0. The molecule has 6 nitrogen and oxygen atoms in total. The van der Waals surface area contributed by atoms with E-state index in [1.807, 2.05) is 24.3 Å². The van der Waals surface area contributed by atoms with Crippen LogP contribution in [0.4, 0.5) is 0 Å². The Balaban J connectivity index is 2.05. The maximum Gasteiger partial charge on any atom is 0.350 e. The van der Waals surface area contributed by atoms with E-state index in [1.165, 1.54) is 0 Å². The molecule has 1 aliphatic rings. The number of cyclic esters (lactones) is 2. The topological polar surface area (TPSA) is 82.3 Å². The van der Waals surface area contributed by atoms with Crippen molar-refractivity contribution in [2.75, 3.05) is 0 Å². The molecule has 6 heteroatoms. The fourth-order valence-corrected chi connectivity index (χ4v) is 2.66. The fraction of sp³-hybridized carbons (Fsp3) is 0. The van der Waals surface area contributed by atoms with E-state index in [0.29, 0.717) is 22.1 Å². The van der Waals surface area contributed by atoms with Gasteiger partial charge in [-0.1, -0.05) is 12.1 Å². The maximum absolute atomic E-state index is 11.7. The predicted molar refractivity (Wildman–Crippen MR) is 67.7 cm³/mol. The van der Waals surface area contributed by atoms with Gasteiger partial charge in [0.15, 0.2) is 11.2 Å². The Morgan fingerprint density at radius 2 is 1.30 bits per heavy atom. The highest BCUT2D eigenvalue weighted by molar-refractivity contribution is 6.29. The van der Waals surface area contributed by atoms with Gasteiger partial charge in [0.2, 0.25) is 0 Å². The highest BCUT2D eigenvalue weighted by Crippen LogP contribution is 2.41. The summed E-state index contributed by atoms with van der Waals surface area (Å²) in [7, 11) is 0. The summed E-state index contributed by atoms with van der Waals surface area (Å²) in [6.45, 7) is 0. The van der Waals surface area contributed by atoms with Crippen molar-refractivity contribution in [3.63, 3.8) is 0 Å². The van der Waals surface area contributed by atoms with E-state index in [-0.39, 0.29) is 22.3 Å². The molecule has 0 aliphatic carbocycles. The summed E-state index contributed by atoms with van der Waals surface area (Å²) < 4.78 is 10.1. The number of aromatic nitrogens is 2. The fourth-order valence-electron chi connectivity index (χ4n) is 2.66. The van der Waals surface area contributed by atoms with Crippen LogP contribution in [0, 0.1) is 0 Å². The van der Waals surface area contributed by atoms with Crippen molar-refractivity contribution in [2.24, 2.45) is 0 Å². The molecule has 0 spiro atoms. The Kier molecular flexibility index (Phi) is 1.44. The summed E-state index contributed by atoms with van der Waals surface area (Å²) >= 11 is 0. The number of benzene rings is 2. The molecule has 1 aliphatic heterocycles. The van der Waals surface area contributed by atoms with Crippen molar-refractivity contribution in [1.82, 2.24) is 9.97 Å². The number of rotatable bonds is 0. The van der Waals surface area contributed by atoms with E-state index >= 15 is 0 Å². The number of fused-ring (bicyclic) bond motifs is 9. The molecule has 1 aromatic carbocycles. The van der Waals surface area contributed by atoms with Gasteiger partial charge in [0.05, 0.1) is 11.0 Å². The monoisotopic (exact) mass is 264 g/mol. The average molecular weight is 264 g/mol. The minimum atomic E-state index is -0.685. The van der Waals surface area contributed by atoms with Gasteiger partial charge in [-0.15, -0.1) is 0 Å². The van der Waals surface area contributed by atoms with E-state index in [0.717, 1.165) is 0 Å². The van der Waals surface area contributed by atoms with Crippen LogP contribution in [0.2, 0.25) is 0 Å². The quantitative estimate of drug-likeness (QED) is 0.275. The summed E-state index contributed by atoms with van der Waals surface area (Å²) in [5, 5.41) is 0. The molecule has 4 heterocycles. The summed E-state index contributed by atoms with van der Waals surface area (Å²) in [5.74, 6) is -1.37. The Bertz CT molecular complexity index is 982. The molecule has 3 aromatic heterocycles. The molecule has 20 heavy (non-hydrogen) atoms. The van der Waals surface area contributed by atoms with Gasteiger partial charge in [-0.2, -0.15) is 0 Å². The first-order valence-electron chi connectivity index (χ1n) is 5.95. The molecule has 0 radical (unpaired) electrons. The molecule has 94 valence electrons. The van der Waals surface area contributed by atoms with Crippen molar-refractivity contribution < 1.29 is 18.7 Å². The standard InChI is InChI=1S/C14H4N2O4/c17-13-7-8(14(18)20-13)12-10-9(11(7)19-12)15-5-3-1-2-4-6(5)16-10/h1-4H. The van der Waals surface area contributed by atoms with Crippen LogP contribution in [-0.4, -0.2) is 21.9 Å². The number of ether oxygens (including phenoxy) is 1. The zero-order chi connectivity index (χ0) is 13.4. The normalized spacial score (nSPS) is 14.6. The van der Waals surface area contributed by atoms with Crippen molar-refractivity contribution in [3.05, 3.63) is 35.4 Å². The molecule has 0 saturated heterocycles. The molecule has 5 rings (SSSR count). The molecule has 0 fully saturated rings. The summed E-state index contributed by atoms with van der Waals surface area (Å²) in [6, 6.07) is 7.36.